The number of cyclic esters (lactones) is 1. The highest BCUT2D eigenvalue weighted by Crippen LogP contribution is 2.47. The quantitative estimate of drug-likeness (QED) is 0.727. The Kier molecular flexibility index (Phi) is 3.49. The number of halogens is 4. The number of rotatable bonds is 0. The molecule has 1 aliphatic rings. The van der Waals surface area contributed by atoms with Crippen molar-refractivity contribution >= 4 is 23.4 Å². The van der Waals surface area contributed by atoms with Gasteiger partial charge in [-0.05, 0) is 30.2 Å². The molecule has 23 heavy (non-hydrogen) atoms. The number of benzene rings is 1. The minimum Gasteiger partial charge on any atom is -0.471 e. The number of hydrogen-bond donors (Lipinski definition) is 1. The van der Waals surface area contributed by atoms with Gasteiger partial charge in [-0.1, -0.05) is 17.5 Å². The maximum absolute atomic E-state index is 13.7. The van der Waals surface area contributed by atoms with Crippen LogP contribution in [0.15, 0.2) is 41.2 Å². The molecule has 1 aliphatic heterocycles. The van der Waals surface area contributed by atoms with Crippen molar-refractivity contribution in [1.29, 1.82) is 0 Å². The zero-order valence-corrected chi connectivity index (χ0v) is 12.0. The van der Waals surface area contributed by atoms with Crippen molar-refractivity contribution in [2.24, 2.45) is 0 Å². The van der Waals surface area contributed by atoms with Gasteiger partial charge in [0.1, 0.15) is 6.26 Å². The molecule has 3 rings (SSSR count). The van der Waals surface area contributed by atoms with Crippen molar-refractivity contribution in [2.45, 2.75) is 11.8 Å². The molecule has 0 aliphatic carbocycles. The molecule has 4 nitrogen and oxygen atoms in total. The van der Waals surface area contributed by atoms with E-state index in [9.17, 15) is 18.0 Å². The fraction of sp³-hybridized carbons (Fsp3) is 0.133. The lowest BCUT2D eigenvalue weighted by atomic mass is 9.90. The van der Waals surface area contributed by atoms with E-state index in [1.807, 2.05) is 5.92 Å². The maximum atomic E-state index is 13.7. The number of amides is 1. The van der Waals surface area contributed by atoms with Gasteiger partial charge in [0.05, 0.1) is 17.5 Å². The van der Waals surface area contributed by atoms with Gasteiger partial charge in [-0.25, -0.2) is 4.79 Å². The molecular formula is C15H7ClF3NO3. The second-order valence-corrected chi connectivity index (χ2v) is 5.08. The van der Waals surface area contributed by atoms with Gasteiger partial charge in [0.2, 0.25) is 0 Å². The Hall–Kier alpha value is -2.59. The lowest BCUT2D eigenvalue weighted by Gasteiger charge is -2.35. The number of nitrogens with one attached hydrogen (secondary N) is 1. The number of alkyl halides is 3. The molecule has 1 atom stereocenters. The molecule has 0 bridgehead atoms. The Balaban J connectivity index is 2.25. The summed E-state index contributed by atoms with van der Waals surface area (Å²) in [6.45, 7) is 0. The highest BCUT2D eigenvalue weighted by atomic mass is 35.5. The summed E-state index contributed by atoms with van der Waals surface area (Å²) in [5.41, 5.74) is -3.35. The first-order chi connectivity index (χ1) is 10.8. The molecule has 0 saturated heterocycles. The van der Waals surface area contributed by atoms with Crippen molar-refractivity contribution in [3.63, 3.8) is 0 Å². The Bertz CT molecular complexity index is 821. The first-order valence-corrected chi connectivity index (χ1v) is 6.62. The number of carbonyl (C=O) groups is 1. The molecule has 8 heteroatoms. The first-order valence-electron chi connectivity index (χ1n) is 6.24. The molecule has 1 aromatic heterocycles. The van der Waals surface area contributed by atoms with E-state index in [0.717, 1.165) is 6.07 Å². The standard InChI is InChI=1S/C15H7ClF3NO3/c16-10-1-2-12-11(7-10)14(15(17,18)19,23-13(21)20-12)5-3-9-4-6-22-8-9/h1-2,4,6-8H,(H,20,21). The molecular weight excluding hydrogens is 335 g/mol. The van der Waals surface area contributed by atoms with Gasteiger partial charge in [-0.2, -0.15) is 13.2 Å². The van der Waals surface area contributed by atoms with Crippen LogP contribution < -0.4 is 5.32 Å². The SMILES string of the molecule is O=C1Nc2ccc(Cl)cc2C(C#Cc2ccoc2)(C(F)(F)F)O1. The van der Waals surface area contributed by atoms with Crippen LogP contribution >= 0.6 is 11.6 Å². The predicted octanol–water partition coefficient (Wildman–Crippen LogP) is 4.30. The molecule has 0 saturated carbocycles. The Morgan fingerprint density at radius 1 is 1.26 bits per heavy atom. The Morgan fingerprint density at radius 2 is 2.04 bits per heavy atom. The summed E-state index contributed by atoms with van der Waals surface area (Å²) in [5, 5.41) is 2.26. The fourth-order valence-corrected chi connectivity index (χ4v) is 2.29. The number of anilines is 1. The highest BCUT2D eigenvalue weighted by molar-refractivity contribution is 6.30. The smallest absolute Gasteiger partial charge is 0.445 e. The molecule has 0 fully saturated rings. The van der Waals surface area contributed by atoms with Crippen molar-refractivity contribution in [3.05, 3.63) is 52.9 Å². The van der Waals surface area contributed by atoms with Crippen LogP contribution in [0.5, 0.6) is 0 Å². The van der Waals surface area contributed by atoms with Crippen LogP contribution in [-0.4, -0.2) is 12.3 Å². The first kappa shape index (κ1) is 15.3. The van der Waals surface area contributed by atoms with Crippen LogP contribution in [0.2, 0.25) is 5.02 Å². The highest BCUT2D eigenvalue weighted by Gasteiger charge is 2.62. The number of fused-ring (bicyclic) bond motifs is 1. The summed E-state index contributed by atoms with van der Waals surface area (Å²) < 4.78 is 50.5. The molecule has 0 spiro atoms. The van der Waals surface area contributed by atoms with E-state index < -0.39 is 17.9 Å². The lowest BCUT2D eigenvalue weighted by Crippen LogP contribution is -2.49. The molecule has 1 unspecified atom stereocenters. The van der Waals surface area contributed by atoms with Crippen LogP contribution in [0.1, 0.15) is 11.1 Å². The van der Waals surface area contributed by atoms with Gasteiger partial charge in [-0.15, -0.1) is 0 Å². The van der Waals surface area contributed by atoms with E-state index in [2.05, 4.69) is 16.0 Å². The molecule has 1 aromatic carbocycles. The summed E-state index contributed by atoms with van der Waals surface area (Å²) in [5.74, 6) is 4.33. The number of ether oxygens (including phenoxy) is 1. The fourth-order valence-electron chi connectivity index (χ4n) is 2.12. The molecule has 2 aromatic rings. The third kappa shape index (κ3) is 2.62. The second-order valence-electron chi connectivity index (χ2n) is 4.65. The van der Waals surface area contributed by atoms with E-state index in [-0.39, 0.29) is 21.8 Å². The minimum atomic E-state index is -4.97. The molecule has 118 valence electrons. The summed E-state index contributed by atoms with van der Waals surface area (Å²) in [7, 11) is 0. The Morgan fingerprint density at radius 3 is 2.70 bits per heavy atom. The second kappa shape index (κ2) is 5.25. The van der Waals surface area contributed by atoms with Gasteiger partial charge in [-0.3, -0.25) is 5.32 Å². The van der Waals surface area contributed by atoms with Crippen LogP contribution in [0, 0.1) is 11.8 Å². The van der Waals surface area contributed by atoms with Gasteiger partial charge in [0.15, 0.2) is 0 Å². The third-order valence-electron chi connectivity index (χ3n) is 3.15. The van der Waals surface area contributed by atoms with Crippen molar-refractivity contribution in [2.75, 3.05) is 5.32 Å². The van der Waals surface area contributed by atoms with Gasteiger partial charge >= 0.3 is 12.3 Å². The van der Waals surface area contributed by atoms with Crippen molar-refractivity contribution < 1.29 is 27.1 Å². The molecule has 2 heterocycles. The third-order valence-corrected chi connectivity index (χ3v) is 3.38. The van der Waals surface area contributed by atoms with Crippen molar-refractivity contribution in [3.8, 4) is 11.8 Å². The van der Waals surface area contributed by atoms with Crippen LogP contribution in [0.3, 0.4) is 0 Å². The predicted molar refractivity (Wildman–Crippen MR) is 74.9 cm³/mol. The average molecular weight is 342 g/mol. The monoisotopic (exact) mass is 341 g/mol. The van der Waals surface area contributed by atoms with Crippen LogP contribution in [0.25, 0.3) is 0 Å². The van der Waals surface area contributed by atoms with Gasteiger partial charge in [0, 0.05) is 10.6 Å². The minimum absolute atomic E-state index is 0.0576. The topological polar surface area (TPSA) is 51.5 Å². The normalized spacial score (nSPS) is 19.9. The number of carbonyl (C=O) groups excluding carboxylic acids is 1. The van der Waals surface area contributed by atoms with E-state index in [1.54, 1.807) is 0 Å². The number of furan rings is 1. The zero-order chi connectivity index (χ0) is 16.7. The summed E-state index contributed by atoms with van der Waals surface area (Å²) >= 11 is 5.79. The average Bonchev–Trinajstić information content (AvgIpc) is 2.97. The Labute approximate surface area is 133 Å². The molecule has 1 N–H and O–H groups in total. The zero-order valence-electron chi connectivity index (χ0n) is 11.2. The largest absolute Gasteiger partial charge is 0.471 e. The molecule has 0 radical (unpaired) electrons. The van der Waals surface area contributed by atoms with E-state index in [1.165, 1.54) is 30.7 Å². The van der Waals surface area contributed by atoms with E-state index in [0.29, 0.717) is 0 Å². The van der Waals surface area contributed by atoms with Crippen molar-refractivity contribution in [1.82, 2.24) is 0 Å². The van der Waals surface area contributed by atoms with Crippen LogP contribution in [0.4, 0.5) is 23.7 Å². The maximum Gasteiger partial charge on any atom is 0.445 e. The lowest BCUT2D eigenvalue weighted by molar-refractivity contribution is -0.239. The number of hydrogen-bond acceptors (Lipinski definition) is 3. The van der Waals surface area contributed by atoms with E-state index >= 15 is 0 Å². The summed E-state index contributed by atoms with van der Waals surface area (Å²) in [6, 6.07) is 5.07. The van der Waals surface area contributed by atoms with Crippen LogP contribution in [-0.2, 0) is 10.3 Å². The summed E-state index contributed by atoms with van der Waals surface area (Å²) in [4.78, 5) is 11.6. The molecule has 1 amide bonds. The van der Waals surface area contributed by atoms with Gasteiger partial charge < -0.3 is 9.15 Å². The summed E-state index contributed by atoms with van der Waals surface area (Å²) in [6.07, 6.45) is -3.78. The van der Waals surface area contributed by atoms with Gasteiger partial charge in [0.25, 0.3) is 5.60 Å². The van der Waals surface area contributed by atoms with E-state index in [4.69, 9.17) is 16.0 Å².